The second-order valence-electron chi connectivity index (χ2n) is 4.18. The average molecular weight is 317 g/mol. The Hall–Kier alpha value is -1.59. The topological polar surface area (TPSA) is 55.1 Å². The maximum Gasteiger partial charge on any atom is 0.253 e. The fraction of sp³-hybridized carbons (Fsp3) is 0.231. The van der Waals surface area contributed by atoms with Crippen molar-refractivity contribution in [1.82, 2.24) is 10.3 Å². The minimum atomic E-state index is -0.705. The fourth-order valence-corrected chi connectivity index (χ4v) is 2.03. The average Bonchev–Trinajstić information content (AvgIpc) is 2.70. The summed E-state index contributed by atoms with van der Waals surface area (Å²) in [4.78, 5) is 16.0. The van der Waals surface area contributed by atoms with E-state index in [-0.39, 0.29) is 22.2 Å². The van der Waals surface area contributed by atoms with Gasteiger partial charge in [0.25, 0.3) is 5.91 Å². The molecule has 0 atom stereocenters. The number of carbonyl (C=O) groups is 1. The van der Waals surface area contributed by atoms with Crippen molar-refractivity contribution in [3.05, 3.63) is 50.9 Å². The number of nitrogens with one attached hydrogen (secondary N) is 1. The van der Waals surface area contributed by atoms with E-state index in [9.17, 15) is 9.18 Å². The smallest absolute Gasteiger partial charge is 0.253 e. The maximum atomic E-state index is 13.3. The third-order valence-corrected chi connectivity index (χ3v) is 3.33. The van der Waals surface area contributed by atoms with Crippen molar-refractivity contribution in [2.45, 2.75) is 20.4 Å². The predicted molar refractivity (Wildman–Crippen MR) is 73.6 cm³/mol. The number of carbonyl (C=O) groups excluding carboxylic acids is 1. The van der Waals surface area contributed by atoms with E-state index in [2.05, 4.69) is 10.3 Å². The predicted octanol–water partition coefficient (Wildman–Crippen LogP) is 3.67. The van der Waals surface area contributed by atoms with E-state index in [4.69, 9.17) is 27.6 Å². The number of hydrogen-bond acceptors (Lipinski definition) is 3. The van der Waals surface area contributed by atoms with Crippen LogP contribution in [0.3, 0.4) is 0 Å². The Morgan fingerprint density at radius 3 is 2.65 bits per heavy atom. The second-order valence-corrected chi connectivity index (χ2v) is 4.99. The first-order valence-electron chi connectivity index (χ1n) is 5.74. The van der Waals surface area contributed by atoms with Gasteiger partial charge in [0.05, 0.1) is 27.8 Å². The molecule has 0 aliphatic carbocycles. The molecule has 0 bridgehead atoms. The second kappa shape index (κ2) is 5.81. The van der Waals surface area contributed by atoms with Crippen LogP contribution < -0.4 is 5.32 Å². The number of benzene rings is 1. The zero-order chi connectivity index (χ0) is 14.9. The monoisotopic (exact) mass is 316 g/mol. The van der Waals surface area contributed by atoms with E-state index in [0.717, 1.165) is 11.8 Å². The van der Waals surface area contributed by atoms with Gasteiger partial charge in [0.15, 0.2) is 0 Å². The first-order valence-corrected chi connectivity index (χ1v) is 6.49. The lowest BCUT2D eigenvalue weighted by Crippen LogP contribution is -2.23. The summed E-state index contributed by atoms with van der Waals surface area (Å²) in [5.41, 5.74) is 0.762. The molecule has 2 aromatic rings. The summed E-state index contributed by atoms with van der Waals surface area (Å²) >= 11 is 11.4. The van der Waals surface area contributed by atoms with Crippen molar-refractivity contribution in [3.63, 3.8) is 0 Å². The summed E-state index contributed by atoms with van der Waals surface area (Å²) in [6.07, 6.45) is 0. The van der Waals surface area contributed by atoms with Crippen molar-refractivity contribution < 1.29 is 13.6 Å². The minimum absolute atomic E-state index is 0.00793. The van der Waals surface area contributed by atoms with Crippen LogP contribution in [-0.4, -0.2) is 10.9 Å². The number of halogens is 3. The molecule has 1 aromatic carbocycles. The molecule has 106 valence electrons. The van der Waals surface area contributed by atoms with Crippen molar-refractivity contribution >= 4 is 29.1 Å². The molecule has 0 saturated heterocycles. The van der Waals surface area contributed by atoms with Gasteiger partial charge in [0.2, 0.25) is 5.89 Å². The molecule has 0 saturated carbocycles. The summed E-state index contributed by atoms with van der Waals surface area (Å²) in [6.45, 7) is 3.67. The zero-order valence-electron chi connectivity index (χ0n) is 10.8. The van der Waals surface area contributed by atoms with Crippen LogP contribution in [0, 0.1) is 19.7 Å². The molecule has 0 unspecified atom stereocenters. The maximum absolute atomic E-state index is 13.3. The zero-order valence-corrected chi connectivity index (χ0v) is 12.3. The molecule has 0 aliphatic heterocycles. The summed E-state index contributed by atoms with van der Waals surface area (Å²) < 4.78 is 18.7. The van der Waals surface area contributed by atoms with Gasteiger partial charge in [-0.15, -0.1) is 0 Å². The van der Waals surface area contributed by atoms with Gasteiger partial charge in [-0.3, -0.25) is 4.79 Å². The summed E-state index contributed by atoms with van der Waals surface area (Å²) in [7, 11) is 0. The number of aryl methyl sites for hydroxylation is 2. The quantitative estimate of drug-likeness (QED) is 0.879. The first kappa shape index (κ1) is 14.8. The summed E-state index contributed by atoms with van der Waals surface area (Å²) in [6, 6.07) is 2.18. The fourth-order valence-electron chi connectivity index (χ4n) is 1.56. The van der Waals surface area contributed by atoms with Crippen molar-refractivity contribution in [3.8, 4) is 0 Å². The van der Waals surface area contributed by atoms with E-state index in [1.807, 2.05) is 0 Å². The van der Waals surface area contributed by atoms with Gasteiger partial charge in [-0.2, -0.15) is 0 Å². The number of nitrogens with zero attached hydrogens (tertiary/aromatic N) is 1. The van der Waals surface area contributed by atoms with E-state index in [1.165, 1.54) is 6.07 Å². The largest absolute Gasteiger partial charge is 0.444 e. The van der Waals surface area contributed by atoms with Crippen LogP contribution in [0.25, 0.3) is 0 Å². The van der Waals surface area contributed by atoms with E-state index < -0.39 is 11.7 Å². The first-order chi connectivity index (χ1) is 9.38. The minimum Gasteiger partial charge on any atom is -0.444 e. The normalized spacial score (nSPS) is 10.7. The number of amides is 1. The van der Waals surface area contributed by atoms with E-state index >= 15 is 0 Å². The van der Waals surface area contributed by atoms with Crippen LogP contribution in [0.5, 0.6) is 0 Å². The van der Waals surface area contributed by atoms with Crippen LogP contribution >= 0.6 is 23.2 Å². The van der Waals surface area contributed by atoms with Gasteiger partial charge in [-0.25, -0.2) is 9.37 Å². The Morgan fingerprint density at radius 1 is 1.35 bits per heavy atom. The van der Waals surface area contributed by atoms with Gasteiger partial charge < -0.3 is 9.73 Å². The molecular formula is C13H11Cl2FN2O2. The highest BCUT2D eigenvalue weighted by atomic mass is 35.5. The van der Waals surface area contributed by atoms with Crippen LogP contribution in [0.15, 0.2) is 16.5 Å². The molecule has 1 N–H and O–H groups in total. The molecule has 1 amide bonds. The van der Waals surface area contributed by atoms with Gasteiger partial charge in [-0.1, -0.05) is 23.2 Å². The Morgan fingerprint density at radius 2 is 2.05 bits per heavy atom. The molecule has 0 radical (unpaired) electrons. The standard InChI is InChI=1S/C13H11Cl2FN2O2/c1-6-7(2)20-12(18-6)5-17-13(19)8-3-11(16)10(15)4-9(8)14/h3-4H,5H2,1-2H3,(H,17,19). The highest BCUT2D eigenvalue weighted by Crippen LogP contribution is 2.24. The highest BCUT2D eigenvalue weighted by molar-refractivity contribution is 6.36. The van der Waals surface area contributed by atoms with E-state index in [1.54, 1.807) is 13.8 Å². The molecule has 0 spiro atoms. The van der Waals surface area contributed by atoms with Gasteiger partial charge >= 0.3 is 0 Å². The van der Waals surface area contributed by atoms with Gasteiger partial charge in [0, 0.05) is 0 Å². The summed E-state index contributed by atoms with van der Waals surface area (Å²) in [5, 5.41) is 2.50. The molecule has 1 heterocycles. The number of aromatic nitrogens is 1. The molecule has 2 rings (SSSR count). The molecule has 0 aliphatic rings. The van der Waals surface area contributed by atoms with E-state index in [0.29, 0.717) is 11.7 Å². The number of oxazole rings is 1. The van der Waals surface area contributed by atoms with Crippen LogP contribution in [-0.2, 0) is 6.54 Å². The molecule has 1 aromatic heterocycles. The van der Waals surface area contributed by atoms with Crippen molar-refractivity contribution in [2.75, 3.05) is 0 Å². The van der Waals surface area contributed by atoms with Crippen molar-refractivity contribution in [2.24, 2.45) is 0 Å². The Balaban J connectivity index is 2.11. The Labute approximate surface area is 124 Å². The van der Waals surface area contributed by atoms with Crippen molar-refractivity contribution in [1.29, 1.82) is 0 Å². The van der Waals surface area contributed by atoms with Crippen LogP contribution in [0.4, 0.5) is 4.39 Å². The number of hydrogen-bond donors (Lipinski definition) is 1. The molecule has 7 heteroatoms. The lowest BCUT2D eigenvalue weighted by atomic mass is 10.2. The third kappa shape index (κ3) is 3.11. The lowest BCUT2D eigenvalue weighted by molar-refractivity contribution is 0.0947. The van der Waals surface area contributed by atoms with Gasteiger partial charge in [-0.05, 0) is 26.0 Å². The molecular weight excluding hydrogens is 306 g/mol. The Kier molecular flexibility index (Phi) is 4.30. The highest BCUT2D eigenvalue weighted by Gasteiger charge is 2.15. The molecule has 0 fully saturated rings. The van der Waals surface area contributed by atoms with Crippen LogP contribution in [0.2, 0.25) is 10.0 Å². The van der Waals surface area contributed by atoms with Crippen LogP contribution in [0.1, 0.15) is 27.7 Å². The summed E-state index contributed by atoms with van der Waals surface area (Å²) in [5.74, 6) is -0.174. The number of rotatable bonds is 3. The Bertz CT molecular complexity index is 651. The van der Waals surface area contributed by atoms with Gasteiger partial charge in [0.1, 0.15) is 11.6 Å². The third-order valence-electron chi connectivity index (χ3n) is 2.73. The molecule has 4 nitrogen and oxygen atoms in total. The molecule has 20 heavy (non-hydrogen) atoms. The lowest BCUT2D eigenvalue weighted by Gasteiger charge is -2.06. The SMILES string of the molecule is Cc1nc(CNC(=O)c2cc(F)c(Cl)cc2Cl)oc1C.